The van der Waals surface area contributed by atoms with Crippen molar-refractivity contribution in [2.24, 2.45) is 0 Å². The first kappa shape index (κ1) is 24.1. The van der Waals surface area contributed by atoms with Crippen molar-refractivity contribution in [2.75, 3.05) is 4.90 Å². The molecule has 0 aromatic heterocycles. The first-order valence-corrected chi connectivity index (χ1v) is 13.9. The van der Waals surface area contributed by atoms with Crippen molar-refractivity contribution in [1.29, 1.82) is 0 Å². The van der Waals surface area contributed by atoms with Crippen molar-refractivity contribution < 1.29 is 4.74 Å². The van der Waals surface area contributed by atoms with Gasteiger partial charge in [-0.05, 0) is 62.4 Å². The largest absolute Gasteiger partial charge is 0.453 e. The van der Waals surface area contributed by atoms with Crippen LogP contribution in [-0.2, 0) is 0 Å². The van der Waals surface area contributed by atoms with Crippen molar-refractivity contribution in [1.82, 2.24) is 0 Å². The van der Waals surface area contributed by atoms with Gasteiger partial charge in [0.1, 0.15) is 0 Å². The monoisotopic (exact) mass is 607 g/mol. The van der Waals surface area contributed by atoms with Crippen LogP contribution in [0.1, 0.15) is 11.1 Å². The Balaban J connectivity index is 1.56. The third kappa shape index (κ3) is 4.30. The molecule has 5 heteroatoms. The Labute approximate surface area is 235 Å². The molecule has 0 aliphatic carbocycles. The highest BCUT2D eigenvalue weighted by Crippen LogP contribution is 2.50. The van der Waals surface area contributed by atoms with Gasteiger partial charge in [0.15, 0.2) is 11.5 Å². The SMILES string of the molecule is Cc1cc(N2c3ccccc3Oc3ccccc32)cc(C)c1B(c1ccccc1Br)c1ccccc1Br. The zero-order valence-corrected chi connectivity index (χ0v) is 23.8. The quantitative estimate of drug-likeness (QED) is 0.189. The summed E-state index contributed by atoms with van der Waals surface area (Å²) in [6.45, 7) is 4.53. The lowest BCUT2D eigenvalue weighted by Crippen LogP contribution is -2.55. The van der Waals surface area contributed by atoms with Crippen LogP contribution < -0.4 is 26.0 Å². The number of hydrogen-bond donors (Lipinski definition) is 0. The van der Waals surface area contributed by atoms with Crippen molar-refractivity contribution >= 4 is 72.0 Å². The van der Waals surface area contributed by atoms with E-state index in [-0.39, 0.29) is 6.71 Å². The van der Waals surface area contributed by atoms with Crippen molar-refractivity contribution in [3.63, 3.8) is 0 Å². The van der Waals surface area contributed by atoms with Gasteiger partial charge >= 0.3 is 0 Å². The fraction of sp³-hybridized carbons (Fsp3) is 0.0625. The molecule has 1 aliphatic heterocycles. The number of aryl methyl sites for hydroxylation is 2. The van der Waals surface area contributed by atoms with Crippen LogP contribution in [0, 0.1) is 13.8 Å². The van der Waals surface area contributed by atoms with E-state index in [1.807, 2.05) is 24.3 Å². The Kier molecular flexibility index (Phi) is 6.43. The summed E-state index contributed by atoms with van der Waals surface area (Å²) in [5.74, 6) is 1.72. The molecule has 2 nitrogen and oxygen atoms in total. The number of fused-ring (bicyclic) bond motifs is 2. The van der Waals surface area contributed by atoms with Gasteiger partial charge in [-0.25, -0.2) is 0 Å². The molecule has 1 aliphatic rings. The predicted octanol–water partition coefficient (Wildman–Crippen LogP) is 7.92. The van der Waals surface area contributed by atoms with Crippen LogP contribution in [0.3, 0.4) is 0 Å². The van der Waals surface area contributed by atoms with Crippen LogP contribution in [0.2, 0.25) is 0 Å². The van der Waals surface area contributed by atoms with Crippen LogP contribution in [0.4, 0.5) is 17.1 Å². The van der Waals surface area contributed by atoms with Crippen molar-refractivity contribution in [2.45, 2.75) is 13.8 Å². The molecule has 0 bridgehead atoms. The van der Waals surface area contributed by atoms with Gasteiger partial charge in [-0.2, -0.15) is 0 Å². The normalized spacial score (nSPS) is 11.9. The summed E-state index contributed by atoms with van der Waals surface area (Å²) in [4.78, 5) is 2.31. The Morgan fingerprint density at radius 2 is 1.03 bits per heavy atom. The van der Waals surface area contributed by atoms with E-state index in [1.54, 1.807) is 0 Å². The van der Waals surface area contributed by atoms with Gasteiger partial charge in [-0.1, -0.05) is 120 Å². The summed E-state index contributed by atoms with van der Waals surface area (Å²) in [5.41, 5.74) is 9.51. The third-order valence-corrected chi connectivity index (χ3v) is 8.43. The van der Waals surface area contributed by atoms with Gasteiger partial charge in [-0.15, -0.1) is 0 Å². The second-order valence-electron chi connectivity index (χ2n) is 9.34. The lowest BCUT2D eigenvalue weighted by Gasteiger charge is -2.34. The summed E-state index contributed by atoms with van der Waals surface area (Å²) in [7, 11) is 0. The van der Waals surface area contributed by atoms with Gasteiger partial charge in [0.05, 0.1) is 11.4 Å². The highest BCUT2D eigenvalue weighted by atomic mass is 79.9. The molecule has 0 atom stereocenters. The van der Waals surface area contributed by atoms with Crippen molar-refractivity contribution in [3.05, 3.63) is 129 Å². The average Bonchev–Trinajstić information content (AvgIpc) is 2.90. The maximum atomic E-state index is 6.24. The predicted molar refractivity (Wildman–Crippen MR) is 164 cm³/mol. The van der Waals surface area contributed by atoms with Crippen molar-refractivity contribution in [3.8, 4) is 11.5 Å². The second-order valence-corrected chi connectivity index (χ2v) is 11.1. The maximum Gasteiger partial charge on any atom is 0.244 e. The Hall–Kier alpha value is -3.28. The maximum absolute atomic E-state index is 6.24. The van der Waals surface area contributed by atoms with E-state index in [1.165, 1.54) is 27.5 Å². The number of para-hydroxylation sites is 4. The van der Waals surface area contributed by atoms with E-state index in [4.69, 9.17) is 4.74 Å². The molecule has 37 heavy (non-hydrogen) atoms. The fourth-order valence-electron chi connectivity index (χ4n) is 5.42. The van der Waals surface area contributed by atoms with Gasteiger partial charge in [0, 0.05) is 14.6 Å². The smallest absolute Gasteiger partial charge is 0.244 e. The van der Waals surface area contributed by atoms with E-state index in [0.29, 0.717) is 0 Å². The molecule has 180 valence electrons. The minimum absolute atomic E-state index is 0.0736. The Morgan fingerprint density at radius 1 is 0.595 bits per heavy atom. The number of halogens is 2. The summed E-state index contributed by atoms with van der Waals surface area (Å²) in [6, 6.07) is 38.1. The number of rotatable bonds is 4. The summed E-state index contributed by atoms with van der Waals surface area (Å²) in [5, 5.41) is 0. The molecule has 0 radical (unpaired) electrons. The van der Waals surface area contributed by atoms with E-state index in [9.17, 15) is 0 Å². The summed E-state index contributed by atoms with van der Waals surface area (Å²) in [6.07, 6.45) is 0. The van der Waals surface area contributed by atoms with Crippen LogP contribution >= 0.6 is 31.9 Å². The molecule has 0 fully saturated rings. The highest BCUT2D eigenvalue weighted by molar-refractivity contribution is 9.11. The zero-order valence-electron chi connectivity index (χ0n) is 20.6. The van der Waals surface area contributed by atoms with E-state index in [0.717, 1.165) is 37.5 Å². The Bertz CT molecular complexity index is 1520. The molecule has 6 rings (SSSR count). The van der Waals surface area contributed by atoms with Crippen LogP contribution in [-0.4, -0.2) is 6.71 Å². The van der Waals surface area contributed by atoms with Crippen LogP contribution in [0.15, 0.2) is 118 Å². The molecular weight excluding hydrogens is 585 g/mol. The van der Waals surface area contributed by atoms with Crippen LogP contribution in [0.5, 0.6) is 11.5 Å². The molecule has 5 aromatic carbocycles. The minimum Gasteiger partial charge on any atom is -0.453 e. The van der Waals surface area contributed by atoms with E-state index >= 15 is 0 Å². The van der Waals surface area contributed by atoms with Crippen LogP contribution in [0.25, 0.3) is 0 Å². The number of benzene rings is 5. The topological polar surface area (TPSA) is 12.5 Å². The van der Waals surface area contributed by atoms with Gasteiger partial charge in [0.25, 0.3) is 0 Å². The lowest BCUT2D eigenvalue weighted by atomic mass is 9.35. The first-order valence-electron chi connectivity index (χ1n) is 12.3. The zero-order chi connectivity index (χ0) is 25.5. The fourth-order valence-corrected chi connectivity index (χ4v) is 6.44. The summed E-state index contributed by atoms with van der Waals surface area (Å²) < 4.78 is 8.45. The Morgan fingerprint density at radius 3 is 1.51 bits per heavy atom. The summed E-state index contributed by atoms with van der Waals surface area (Å²) >= 11 is 7.68. The lowest BCUT2D eigenvalue weighted by molar-refractivity contribution is 0.477. The molecule has 0 amide bonds. The highest BCUT2D eigenvalue weighted by Gasteiger charge is 2.30. The minimum atomic E-state index is 0.0736. The van der Waals surface area contributed by atoms with Gasteiger partial charge in [-0.3, -0.25) is 0 Å². The van der Waals surface area contributed by atoms with Gasteiger partial charge < -0.3 is 9.64 Å². The number of ether oxygens (including phenoxy) is 1. The second kappa shape index (κ2) is 9.88. The molecule has 5 aromatic rings. The van der Waals surface area contributed by atoms with E-state index < -0.39 is 0 Å². The molecule has 0 saturated carbocycles. The standard InChI is InChI=1S/C32H24BBr2NO/c1-21-19-23(36-28-15-7-9-17-30(28)37-31-18-10-8-16-29(31)36)20-22(2)32(21)33(24-11-3-5-13-26(24)34)25-12-4-6-14-27(25)35/h3-20H,1-2H3. The molecule has 1 heterocycles. The molecule has 0 N–H and O–H groups in total. The number of anilines is 3. The molecule has 0 spiro atoms. The number of hydrogen-bond acceptors (Lipinski definition) is 2. The van der Waals surface area contributed by atoms with Gasteiger partial charge in [0.2, 0.25) is 6.71 Å². The average molecular weight is 609 g/mol. The third-order valence-electron chi connectivity index (χ3n) is 6.99. The van der Waals surface area contributed by atoms with E-state index in [2.05, 4.69) is 136 Å². The first-order chi connectivity index (χ1) is 18.0. The molecular formula is C32H24BBr2NO. The molecule has 0 unspecified atom stereocenters. The molecule has 0 saturated heterocycles. The number of nitrogens with zero attached hydrogens (tertiary/aromatic N) is 1.